The molecule has 0 N–H and O–H groups in total. The number of sulfonamides is 1. The van der Waals surface area contributed by atoms with E-state index in [4.69, 9.17) is 0 Å². The van der Waals surface area contributed by atoms with Crippen molar-refractivity contribution in [1.29, 1.82) is 0 Å². The number of hydrogen-bond donors (Lipinski definition) is 0. The molecule has 8 heteroatoms. The van der Waals surface area contributed by atoms with Crippen molar-refractivity contribution in [2.45, 2.75) is 11.8 Å². The van der Waals surface area contributed by atoms with E-state index >= 15 is 0 Å². The van der Waals surface area contributed by atoms with Crippen molar-refractivity contribution >= 4 is 15.7 Å². The van der Waals surface area contributed by atoms with Gasteiger partial charge in [-0.05, 0) is 36.8 Å². The van der Waals surface area contributed by atoms with Crippen molar-refractivity contribution in [3.8, 4) is 0 Å². The van der Waals surface area contributed by atoms with E-state index in [1.807, 2.05) is 0 Å². The van der Waals surface area contributed by atoms with Crippen LogP contribution in [0.5, 0.6) is 0 Å². The number of rotatable bonds is 3. The van der Waals surface area contributed by atoms with Crippen molar-refractivity contribution in [2.24, 2.45) is 0 Å². The first-order valence-corrected chi connectivity index (χ1v) is 9.19. The summed E-state index contributed by atoms with van der Waals surface area (Å²) >= 11 is 0. The largest absolute Gasteiger partial charge is 0.366 e. The molecule has 2 aromatic rings. The van der Waals surface area contributed by atoms with Gasteiger partial charge in [-0.15, -0.1) is 0 Å². The highest BCUT2D eigenvalue weighted by molar-refractivity contribution is 7.89. The molecule has 2 aromatic carbocycles. The zero-order valence-electron chi connectivity index (χ0n) is 13.5. The molecule has 134 valence electrons. The van der Waals surface area contributed by atoms with Crippen LogP contribution in [0.2, 0.25) is 0 Å². The predicted molar refractivity (Wildman–Crippen MR) is 88.5 cm³/mol. The van der Waals surface area contributed by atoms with Gasteiger partial charge in [-0.1, -0.05) is 6.07 Å². The quantitative estimate of drug-likeness (QED) is 0.834. The number of hydrogen-bond acceptors (Lipinski definition) is 3. The number of benzene rings is 2. The van der Waals surface area contributed by atoms with Gasteiger partial charge in [0.25, 0.3) is 0 Å². The highest BCUT2D eigenvalue weighted by Gasteiger charge is 2.29. The van der Waals surface area contributed by atoms with Crippen LogP contribution >= 0.6 is 0 Å². The van der Waals surface area contributed by atoms with Crippen LogP contribution in [0.25, 0.3) is 0 Å². The summed E-state index contributed by atoms with van der Waals surface area (Å²) in [5, 5.41) is 0. The molecule has 0 spiro atoms. The standard InChI is InChI=1S/C17H17F3N2O2S/c1-12-2-4-14(11-16(12)20)25(23,24)22-8-6-21(7-9-22)17-10-13(18)3-5-15(17)19/h2-5,10-11H,6-9H2,1H3. The van der Waals surface area contributed by atoms with E-state index in [0.717, 1.165) is 24.3 Å². The van der Waals surface area contributed by atoms with E-state index in [1.165, 1.54) is 16.4 Å². The normalized spacial score (nSPS) is 16.2. The Morgan fingerprint density at radius 2 is 1.56 bits per heavy atom. The zero-order valence-corrected chi connectivity index (χ0v) is 14.4. The van der Waals surface area contributed by atoms with Gasteiger partial charge in [0.2, 0.25) is 10.0 Å². The van der Waals surface area contributed by atoms with Gasteiger partial charge >= 0.3 is 0 Å². The van der Waals surface area contributed by atoms with Crippen molar-refractivity contribution in [3.05, 3.63) is 59.4 Å². The molecule has 25 heavy (non-hydrogen) atoms. The van der Waals surface area contributed by atoms with E-state index in [9.17, 15) is 21.6 Å². The summed E-state index contributed by atoms with van der Waals surface area (Å²) in [5.41, 5.74) is 0.476. The molecule has 0 radical (unpaired) electrons. The van der Waals surface area contributed by atoms with Crippen LogP contribution in [0.4, 0.5) is 18.9 Å². The molecule has 4 nitrogen and oxygen atoms in total. The molecule has 1 fully saturated rings. The maximum absolute atomic E-state index is 13.9. The third kappa shape index (κ3) is 3.50. The second-order valence-electron chi connectivity index (χ2n) is 5.90. The maximum Gasteiger partial charge on any atom is 0.243 e. The minimum Gasteiger partial charge on any atom is -0.366 e. The Morgan fingerprint density at radius 1 is 0.880 bits per heavy atom. The molecule has 3 rings (SSSR count). The number of halogens is 3. The van der Waals surface area contributed by atoms with Gasteiger partial charge in [-0.2, -0.15) is 4.31 Å². The van der Waals surface area contributed by atoms with E-state index in [-0.39, 0.29) is 36.8 Å². The Kier molecular flexibility index (Phi) is 4.75. The lowest BCUT2D eigenvalue weighted by molar-refractivity contribution is 0.382. The Hall–Kier alpha value is -2.06. The third-order valence-electron chi connectivity index (χ3n) is 4.27. The lowest BCUT2D eigenvalue weighted by Crippen LogP contribution is -2.49. The molecular weight excluding hydrogens is 353 g/mol. The highest BCUT2D eigenvalue weighted by Crippen LogP contribution is 2.25. The van der Waals surface area contributed by atoms with Gasteiger partial charge < -0.3 is 4.90 Å². The minimum absolute atomic E-state index is 0.105. The fraction of sp³-hybridized carbons (Fsp3) is 0.294. The smallest absolute Gasteiger partial charge is 0.243 e. The summed E-state index contributed by atoms with van der Waals surface area (Å²) in [6.07, 6.45) is 0. The first-order valence-electron chi connectivity index (χ1n) is 7.75. The average molecular weight is 370 g/mol. The monoisotopic (exact) mass is 370 g/mol. The fourth-order valence-electron chi connectivity index (χ4n) is 2.78. The topological polar surface area (TPSA) is 40.6 Å². The number of anilines is 1. The first-order chi connectivity index (χ1) is 11.8. The summed E-state index contributed by atoms with van der Waals surface area (Å²) in [7, 11) is -3.83. The lowest BCUT2D eigenvalue weighted by Gasteiger charge is -2.35. The van der Waals surface area contributed by atoms with Gasteiger partial charge in [-0.25, -0.2) is 21.6 Å². The molecule has 1 aliphatic heterocycles. The van der Waals surface area contributed by atoms with E-state index in [2.05, 4.69) is 0 Å². The Balaban J connectivity index is 1.77. The molecule has 0 bridgehead atoms. The van der Waals surface area contributed by atoms with E-state index in [0.29, 0.717) is 5.56 Å². The first kappa shape index (κ1) is 17.8. The van der Waals surface area contributed by atoms with Crippen molar-refractivity contribution in [1.82, 2.24) is 4.31 Å². The van der Waals surface area contributed by atoms with Gasteiger partial charge in [0.05, 0.1) is 10.6 Å². The molecule has 0 unspecified atom stereocenters. The van der Waals surface area contributed by atoms with Crippen LogP contribution in [0, 0.1) is 24.4 Å². The lowest BCUT2D eigenvalue weighted by atomic mass is 10.2. The molecule has 0 atom stereocenters. The van der Waals surface area contributed by atoms with Gasteiger partial charge in [-0.3, -0.25) is 0 Å². The predicted octanol–water partition coefficient (Wildman–Crippen LogP) is 2.92. The van der Waals surface area contributed by atoms with Crippen LogP contribution in [0.1, 0.15) is 5.56 Å². The number of aryl methyl sites for hydroxylation is 1. The Labute approximate surface area is 144 Å². The summed E-state index contributed by atoms with van der Waals surface area (Å²) < 4.78 is 67.3. The van der Waals surface area contributed by atoms with E-state index in [1.54, 1.807) is 11.8 Å². The van der Waals surface area contributed by atoms with Gasteiger partial charge in [0.1, 0.15) is 17.5 Å². The molecule has 1 saturated heterocycles. The molecule has 1 heterocycles. The second-order valence-corrected chi connectivity index (χ2v) is 7.84. The molecule has 0 aliphatic carbocycles. The van der Waals surface area contributed by atoms with Crippen molar-refractivity contribution < 1.29 is 21.6 Å². The summed E-state index contributed by atoms with van der Waals surface area (Å²) in [6.45, 7) is 2.20. The Bertz CT molecular complexity index is 895. The minimum atomic E-state index is -3.83. The van der Waals surface area contributed by atoms with Crippen LogP contribution in [0.15, 0.2) is 41.3 Å². The van der Waals surface area contributed by atoms with E-state index < -0.39 is 27.5 Å². The molecule has 0 aromatic heterocycles. The SMILES string of the molecule is Cc1ccc(S(=O)(=O)N2CCN(c3cc(F)ccc3F)CC2)cc1F. The van der Waals surface area contributed by atoms with Crippen molar-refractivity contribution in [2.75, 3.05) is 31.1 Å². The fourth-order valence-corrected chi connectivity index (χ4v) is 4.22. The van der Waals surface area contributed by atoms with Crippen LogP contribution in [0.3, 0.4) is 0 Å². The average Bonchev–Trinajstić information content (AvgIpc) is 2.59. The molecule has 0 saturated carbocycles. The van der Waals surface area contributed by atoms with Crippen LogP contribution in [-0.2, 0) is 10.0 Å². The van der Waals surface area contributed by atoms with Gasteiger partial charge in [0, 0.05) is 32.2 Å². The maximum atomic E-state index is 13.9. The zero-order chi connectivity index (χ0) is 18.2. The molecule has 1 aliphatic rings. The summed E-state index contributed by atoms with van der Waals surface area (Å²) in [5.74, 6) is -1.69. The third-order valence-corrected chi connectivity index (χ3v) is 6.16. The second kappa shape index (κ2) is 6.68. The summed E-state index contributed by atoms with van der Waals surface area (Å²) in [6, 6.07) is 6.96. The molecular formula is C17H17F3N2O2S. The molecule has 0 amide bonds. The van der Waals surface area contributed by atoms with Gasteiger partial charge in [0.15, 0.2) is 0 Å². The number of piperazine rings is 1. The Morgan fingerprint density at radius 3 is 2.20 bits per heavy atom. The van der Waals surface area contributed by atoms with Crippen LogP contribution in [-0.4, -0.2) is 38.9 Å². The van der Waals surface area contributed by atoms with Crippen molar-refractivity contribution in [3.63, 3.8) is 0 Å². The van der Waals surface area contributed by atoms with Crippen LogP contribution < -0.4 is 4.90 Å². The summed E-state index contributed by atoms with van der Waals surface area (Å²) in [4.78, 5) is 1.49. The highest BCUT2D eigenvalue weighted by atomic mass is 32.2. The number of nitrogens with zero attached hydrogens (tertiary/aromatic N) is 2.